The fourth-order valence-corrected chi connectivity index (χ4v) is 7.56. The lowest BCUT2D eigenvalue weighted by Gasteiger charge is -2.36. The number of allylic oxidation sites excluding steroid dienone is 1. The molecule has 3 aromatic rings. The summed E-state index contributed by atoms with van der Waals surface area (Å²) >= 11 is 6.21. The van der Waals surface area contributed by atoms with Crippen LogP contribution in [0.4, 0.5) is 23.2 Å². The smallest absolute Gasteiger partial charge is 0.416 e. The van der Waals surface area contributed by atoms with Gasteiger partial charge in [-0.25, -0.2) is 17.6 Å². The second-order valence-electron chi connectivity index (χ2n) is 11.1. The molecule has 2 aliphatic heterocycles. The van der Waals surface area contributed by atoms with Crippen LogP contribution in [-0.2, 0) is 25.8 Å². The summed E-state index contributed by atoms with van der Waals surface area (Å²) in [4.78, 5) is 25.1. The molecule has 2 unspecified atom stereocenters. The number of anilines is 1. The molecule has 1 amide bonds. The predicted octanol–water partition coefficient (Wildman–Crippen LogP) is 6.87. The van der Waals surface area contributed by atoms with Crippen LogP contribution in [0.2, 0.25) is 5.02 Å². The van der Waals surface area contributed by atoms with Crippen molar-refractivity contribution in [3.63, 3.8) is 0 Å². The van der Waals surface area contributed by atoms with Gasteiger partial charge in [0.15, 0.2) is 0 Å². The maximum Gasteiger partial charge on any atom is 0.416 e. The number of sulfonamides is 1. The highest BCUT2D eigenvalue weighted by molar-refractivity contribution is 7.92. The van der Waals surface area contributed by atoms with Gasteiger partial charge in [-0.15, -0.1) is 0 Å². The monoisotopic (exact) mass is 680 g/mol. The lowest BCUT2D eigenvalue weighted by molar-refractivity contribution is -0.148. The molecule has 0 radical (unpaired) electrons. The first-order chi connectivity index (χ1) is 21.7. The van der Waals surface area contributed by atoms with Crippen LogP contribution in [-0.4, -0.2) is 55.5 Å². The van der Waals surface area contributed by atoms with Crippen molar-refractivity contribution in [1.29, 1.82) is 0 Å². The van der Waals surface area contributed by atoms with Crippen LogP contribution in [0.1, 0.15) is 49.3 Å². The van der Waals surface area contributed by atoms with Crippen molar-refractivity contribution >= 4 is 50.8 Å². The van der Waals surface area contributed by atoms with Crippen molar-refractivity contribution in [3.8, 4) is 5.75 Å². The van der Waals surface area contributed by atoms with Crippen LogP contribution < -0.4 is 9.04 Å². The number of ether oxygens (including phenoxy) is 1. The van der Waals surface area contributed by atoms with E-state index in [1.165, 1.54) is 35.2 Å². The molecule has 0 spiro atoms. The number of carboxylic acids is 1. The second kappa shape index (κ2) is 13.0. The summed E-state index contributed by atoms with van der Waals surface area (Å²) in [5.74, 6) is -1.99. The van der Waals surface area contributed by atoms with Crippen molar-refractivity contribution in [2.75, 3.05) is 17.4 Å². The van der Waals surface area contributed by atoms with Crippen molar-refractivity contribution in [1.82, 2.24) is 4.90 Å². The van der Waals surface area contributed by atoms with E-state index in [-0.39, 0.29) is 48.0 Å². The molecule has 5 rings (SSSR count). The molecule has 0 aliphatic carbocycles. The van der Waals surface area contributed by atoms with Gasteiger partial charge in [0.25, 0.3) is 10.0 Å². The quantitative estimate of drug-likeness (QED) is 0.206. The normalized spacial score (nSPS) is 18.7. The lowest BCUT2D eigenvalue weighted by atomic mass is 10.0. The molecule has 0 bridgehead atoms. The molecule has 3 aromatic carbocycles. The van der Waals surface area contributed by atoms with E-state index in [0.717, 1.165) is 22.5 Å². The minimum atomic E-state index is -4.79. The molecule has 8 nitrogen and oxygen atoms in total. The Morgan fingerprint density at radius 1 is 1.11 bits per heavy atom. The van der Waals surface area contributed by atoms with Crippen molar-refractivity contribution < 1.29 is 45.4 Å². The van der Waals surface area contributed by atoms with Crippen molar-refractivity contribution in [3.05, 3.63) is 88.2 Å². The molecule has 2 aliphatic rings. The van der Waals surface area contributed by atoms with E-state index >= 15 is 0 Å². The van der Waals surface area contributed by atoms with E-state index < -0.39 is 56.5 Å². The van der Waals surface area contributed by atoms with Gasteiger partial charge in [-0.3, -0.25) is 9.10 Å². The number of alkyl halides is 3. The molecule has 244 valence electrons. The third kappa shape index (κ3) is 6.85. The van der Waals surface area contributed by atoms with Crippen LogP contribution >= 0.6 is 11.6 Å². The average molecular weight is 681 g/mol. The summed E-state index contributed by atoms with van der Waals surface area (Å²) in [5.41, 5.74) is -0.0844. The van der Waals surface area contributed by atoms with E-state index in [0.29, 0.717) is 30.0 Å². The number of nitrogens with zero attached hydrogens (tertiary/aromatic N) is 2. The van der Waals surface area contributed by atoms with E-state index in [2.05, 4.69) is 0 Å². The van der Waals surface area contributed by atoms with Gasteiger partial charge in [-0.1, -0.05) is 35.9 Å². The first-order valence-corrected chi connectivity index (χ1v) is 16.1. The number of carbonyl (C=O) groups excluding carboxylic acids is 1. The number of amides is 1. The molecule has 1 N–H and O–H groups in total. The maximum absolute atomic E-state index is 14.6. The van der Waals surface area contributed by atoms with Crippen LogP contribution in [0.3, 0.4) is 0 Å². The molecule has 2 atom stereocenters. The number of hydrogen-bond acceptors (Lipinski definition) is 5. The fraction of sp³-hybridized carbons (Fsp3) is 0.312. The number of rotatable bonds is 8. The fourth-order valence-electron chi connectivity index (χ4n) is 5.70. The number of benzene rings is 3. The van der Waals surface area contributed by atoms with Gasteiger partial charge in [0.2, 0.25) is 5.91 Å². The van der Waals surface area contributed by atoms with Crippen LogP contribution in [0.25, 0.3) is 11.6 Å². The average Bonchev–Trinajstić information content (AvgIpc) is 3.50. The van der Waals surface area contributed by atoms with Gasteiger partial charge in [0.1, 0.15) is 23.7 Å². The van der Waals surface area contributed by atoms with Gasteiger partial charge < -0.3 is 14.7 Å². The molecule has 1 fully saturated rings. The predicted molar refractivity (Wildman–Crippen MR) is 163 cm³/mol. The van der Waals surface area contributed by atoms with E-state index in [9.17, 15) is 40.7 Å². The lowest BCUT2D eigenvalue weighted by Crippen LogP contribution is -2.45. The van der Waals surface area contributed by atoms with Gasteiger partial charge in [-0.2, -0.15) is 13.2 Å². The van der Waals surface area contributed by atoms with Crippen LogP contribution in [0.15, 0.2) is 65.6 Å². The van der Waals surface area contributed by atoms with Gasteiger partial charge in [0.05, 0.1) is 27.7 Å². The number of fused-ring (bicyclic) bond motifs is 1. The molecule has 0 saturated carbocycles. The maximum atomic E-state index is 14.6. The topological polar surface area (TPSA) is 104 Å². The summed E-state index contributed by atoms with van der Waals surface area (Å²) in [6, 6.07) is 11.2. The largest absolute Gasteiger partial charge is 0.486 e. The van der Waals surface area contributed by atoms with Crippen molar-refractivity contribution in [2.24, 2.45) is 0 Å². The van der Waals surface area contributed by atoms with E-state index in [4.69, 9.17) is 16.3 Å². The number of carbonyl (C=O) groups is 2. The van der Waals surface area contributed by atoms with Crippen LogP contribution in [0.5, 0.6) is 5.75 Å². The molecule has 46 heavy (non-hydrogen) atoms. The van der Waals surface area contributed by atoms with Gasteiger partial charge in [-0.05, 0) is 79.8 Å². The van der Waals surface area contributed by atoms with E-state index in [1.54, 1.807) is 19.1 Å². The number of carboxylic acid groups (broad SMARTS) is 1. The van der Waals surface area contributed by atoms with Crippen LogP contribution in [0, 0.1) is 5.82 Å². The Balaban J connectivity index is 1.50. The number of aliphatic carboxylic acids is 1. The minimum Gasteiger partial charge on any atom is -0.486 e. The highest BCUT2D eigenvalue weighted by Crippen LogP contribution is 2.40. The molecule has 14 heteroatoms. The molecule has 0 aromatic heterocycles. The Morgan fingerprint density at radius 3 is 2.54 bits per heavy atom. The number of hydrogen-bond donors (Lipinski definition) is 1. The summed E-state index contributed by atoms with van der Waals surface area (Å²) in [7, 11) is -4.60. The summed E-state index contributed by atoms with van der Waals surface area (Å²) in [6.07, 6.45) is -3.34. The second-order valence-corrected chi connectivity index (χ2v) is 13.3. The minimum absolute atomic E-state index is 0.0161. The molecular weight excluding hydrogens is 652 g/mol. The zero-order valence-electron chi connectivity index (χ0n) is 24.4. The van der Waals surface area contributed by atoms with Gasteiger partial charge >= 0.3 is 12.1 Å². The molecular formula is C32H29ClF4N2O6S. The molecule has 1 saturated heterocycles. The Bertz CT molecular complexity index is 1790. The van der Waals surface area contributed by atoms with Gasteiger partial charge in [0, 0.05) is 18.5 Å². The Labute approximate surface area is 267 Å². The SMILES string of the molecule is CC(=Cc1ccc2c(c1)N(S(=O)(=O)c1cccc(C(F)(F)F)c1)CC(CCC(=O)N1CCCC1C(=O)O)O2)c1c(F)cccc1Cl. The summed E-state index contributed by atoms with van der Waals surface area (Å²) < 4.78 is 90.0. The first-order valence-electron chi connectivity index (χ1n) is 14.3. The first kappa shape index (κ1) is 33.3. The zero-order valence-corrected chi connectivity index (χ0v) is 26.0. The summed E-state index contributed by atoms with van der Waals surface area (Å²) in [5, 5.41) is 9.61. The third-order valence-electron chi connectivity index (χ3n) is 7.94. The summed E-state index contributed by atoms with van der Waals surface area (Å²) in [6.45, 7) is 1.57. The molecule has 2 heterocycles. The Kier molecular flexibility index (Phi) is 9.37. The number of halogens is 5. The third-order valence-corrected chi connectivity index (χ3v) is 10.0. The van der Waals surface area contributed by atoms with Crippen molar-refractivity contribution in [2.45, 2.75) is 55.8 Å². The van der Waals surface area contributed by atoms with E-state index in [1.807, 2.05) is 0 Å². The highest BCUT2D eigenvalue weighted by atomic mass is 35.5. The standard InChI is InChI=1S/C32H29ClF4N2O6S/c1-19(30-24(33)7-3-8-25(30)34)15-20-10-12-28-27(16-20)39(46(43,44)23-6-2-5-21(17-23)32(35,36)37)18-22(45-28)11-13-29(40)38-14-4-9-26(38)31(41)42/h2-3,5-8,10,12,15-17,22,26H,4,9,11,13-14,18H2,1H3,(H,41,42). The Morgan fingerprint density at radius 2 is 1.85 bits per heavy atom. The number of likely N-dealkylation sites (tertiary alicyclic amines) is 1. The Hall–Kier alpha value is -4.10. The zero-order chi connectivity index (χ0) is 33.4. The highest BCUT2D eigenvalue weighted by Gasteiger charge is 2.38.